The van der Waals surface area contributed by atoms with Gasteiger partial charge in [0.05, 0.1) is 13.1 Å². The molecule has 0 bridgehead atoms. The van der Waals surface area contributed by atoms with Crippen LogP contribution in [0.1, 0.15) is 42.5 Å². The lowest BCUT2D eigenvalue weighted by molar-refractivity contribution is -0.128. The summed E-state index contributed by atoms with van der Waals surface area (Å²) < 4.78 is 1.03. The second-order valence-corrected chi connectivity index (χ2v) is 10.9. The Morgan fingerprint density at radius 3 is 2.68 bits per heavy atom. The van der Waals surface area contributed by atoms with Gasteiger partial charge < -0.3 is 21.7 Å². The van der Waals surface area contributed by atoms with E-state index < -0.39 is 6.04 Å². The van der Waals surface area contributed by atoms with E-state index in [0.29, 0.717) is 24.8 Å². The van der Waals surface area contributed by atoms with E-state index in [1.807, 2.05) is 36.4 Å². The predicted octanol–water partition coefficient (Wildman–Crippen LogP) is 4.30. The van der Waals surface area contributed by atoms with Gasteiger partial charge >= 0.3 is 0 Å². The quantitative estimate of drug-likeness (QED) is 0.266. The van der Waals surface area contributed by atoms with Crippen molar-refractivity contribution in [3.05, 3.63) is 71.2 Å². The number of aromatic nitrogens is 1. The molecule has 37 heavy (non-hydrogen) atoms. The van der Waals surface area contributed by atoms with Gasteiger partial charge in [0.25, 0.3) is 0 Å². The molecule has 0 unspecified atom stereocenters. The lowest BCUT2D eigenvalue weighted by atomic mass is 9.95. The van der Waals surface area contributed by atoms with Crippen LogP contribution in [0.25, 0.3) is 20.9 Å². The number of hydrogen-bond donors (Lipinski definition) is 4. The average molecular weight is 516 g/mol. The van der Waals surface area contributed by atoms with E-state index in [4.69, 9.17) is 5.73 Å². The maximum absolute atomic E-state index is 13.4. The first-order valence-electron chi connectivity index (χ1n) is 13.0. The number of carbonyl (C=O) groups excluding carboxylic acids is 2. The van der Waals surface area contributed by atoms with Crippen LogP contribution in [0.15, 0.2) is 60.8 Å². The number of anilines is 1. The van der Waals surface area contributed by atoms with Gasteiger partial charge in [0.15, 0.2) is 0 Å². The van der Waals surface area contributed by atoms with Crippen LogP contribution in [0.2, 0.25) is 0 Å². The number of carbonyl (C=O) groups is 2. The molecule has 2 amide bonds. The number of amides is 2. The molecule has 8 heteroatoms. The molecule has 0 aliphatic heterocycles. The molecule has 2 aromatic heterocycles. The van der Waals surface area contributed by atoms with Crippen LogP contribution in [-0.2, 0) is 22.6 Å². The van der Waals surface area contributed by atoms with Crippen LogP contribution < -0.4 is 21.7 Å². The van der Waals surface area contributed by atoms with Crippen LogP contribution in [-0.4, -0.2) is 35.4 Å². The van der Waals surface area contributed by atoms with Crippen molar-refractivity contribution in [3.63, 3.8) is 0 Å². The zero-order valence-corrected chi connectivity index (χ0v) is 21.7. The molecule has 7 nitrogen and oxygen atoms in total. The Morgan fingerprint density at radius 1 is 1.03 bits per heavy atom. The molecule has 0 radical (unpaired) electrons. The number of benzene rings is 2. The molecule has 2 aromatic carbocycles. The third-order valence-corrected chi connectivity index (χ3v) is 8.18. The Bertz CT molecular complexity index is 1390. The smallest absolute Gasteiger partial charge is 0.243 e. The van der Waals surface area contributed by atoms with Crippen molar-refractivity contribution < 1.29 is 9.59 Å². The van der Waals surface area contributed by atoms with Crippen LogP contribution in [0, 0.1) is 0 Å². The van der Waals surface area contributed by atoms with E-state index in [2.05, 4.69) is 39.1 Å². The number of nitrogens with one attached hydrogen (secondary N) is 3. The van der Waals surface area contributed by atoms with E-state index in [1.165, 1.54) is 19.3 Å². The van der Waals surface area contributed by atoms with Gasteiger partial charge in [0.1, 0.15) is 11.9 Å². The summed E-state index contributed by atoms with van der Waals surface area (Å²) in [5, 5.41) is 12.5. The van der Waals surface area contributed by atoms with E-state index in [0.717, 1.165) is 44.1 Å². The topological polar surface area (TPSA) is 109 Å². The van der Waals surface area contributed by atoms with Crippen LogP contribution >= 0.6 is 11.3 Å². The third-order valence-electron chi connectivity index (χ3n) is 7.08. The number of hydrogen-bond acceptors (Lipinski definition) is 6. The van der Waals surface area contributed by atoms with Crippen LogP contribution in [0.3, 0.4) is 0 Å². The third kappa shape index (κ3) is 6.26. The fraction of sp³-hybridized carbons (Fsp3) is 0.345. The van der Waals surface area contributed by atoms with Crippen molar-refractivity contribution in [3.8, 4) is 0 Å². The van der Waals surface area contributed by atoms with Crippen molar-refractivity contribution in [2.45, 2.75) is 57.2 Å². The Kier molecular flexibility index (Phi) is 7.96. The van der Waals surface area contributed by atoms with Crippen LogP contribution in [0.4, 0.5) is 5.82 Å². The first-order chi connectivity index (χ1) is 18.1. The van der Waals surface area contributed by atoms with Crippen molar-refractivity contribution >= 4 is 49.8 Å². The first kappa shape index (κ1) is 25.2. The number of nitrogen functional groups attached to an aromatic ring is 1. The second kappa shape index (κ2) is 11.7. The summed E-state index contributed by atoms with van der Waals surface area (Å²) in [4.78, 5) is 31.4. The van der Waals surface area contributed by atoms with Crippen molar-refractivity contribution in [1.29, 1.82) is 0 Å². The van der Waals surface area contributed by atoms with Crippen molar-refractivity contribution in [2.24, 2.45) is 0 Å². The SMILES string of the molecule is Nc1nccc2sc(CNC(=O)[C@H](Cc3cccc4ccccc34)NC(=O)CNC3CCCCC3)cc12. The molecule has 5 N–H and O–H groups in total. The Morgan fingerprint density at radius 2 is 1.84 bits per heavy atom. The lowest BCUT2D eigenvalue weighted by Gasteiger charge is -2.24. The summed E-state index contributed by atoms with van der Waals surface area (Å²) in [6.07, 6.45) is 7.96. The number of fused-ring (bicyclic) bond motifs is 2. The van der Waals surface area contributed by atoms with Gasteiger partial charge in [-0.05, 0) is 41.3 Å². The van der Waals surface area contributed by atoms with E-state index in [1.54, 1.807) is 17.5 Å². The minimum atomic E-state index is -0.687. The molecule has 1 aliphatic rings. The van der Waals surface area contributed by atoms with Gasteiger partial charge in [-0.1, -0.05) is 61.7 Å². The monoisotopic (exact) mass is 515 g/mol. The molecule has 1 fully saturated rings. The maximum Gasteiger partial charge on any atom is 0.243 e. The Labute approximate surface area is 220 Å². The average Bonchev–Trinajstić information content (AvgIpc) is 3.35. The maximum atomic E-state index is 13.4. The van der Waals surface area contributed by atoms with Gasteiger partial charge in [-0.2, -0.15) is 0 Å². The number of thiophene rings is 1. The fourth-order valence-corrected chi connectivity index (χ4v) is 6.12. The highest BCUT2D eigenvalue weighted by Gasteiger charge is 2.23. The molecule has 4 aromatic rings. The van der Waals surface area contributed by atoms with Crippen molar-refractivity contribution in [2.75, 3.05) is 12.3 Å². The highest BCUT2D eigenvalue weighted by atomic mass is 32.1. The zero-order valence-electron chi connectivity index (χ0n) is 20.8. The summed E-state index contributed by atoms with van der Waals surface area (Å²) in [5.41, 5.74) is 7.02. The molecule has 5 rings (SSSR count). The molecule has 1 saturated carbocycles. The molecule has 1 atom stereocenters. The second-order valence-electron chi connectivity index (χ2n) is 9.72. The molecule has 2 heterocycles. The van der Waals surface area contributed by atoms with Gasteiger partial charge in [0, 0.05) is 33.6 Å². The van der Waals surface area contributed by atoms with E-state index in [-0.39, 0.29) is 18.4 Å². The molecule has 0 spiro atoms. The fourth-order valence-electron chi connectivity index (χ4n) is 5.11. The van der Waals surface area contributed by atoms with Crippen molar-refractivity contribution in [1.82, 2.24) is 20.9 Å². The normalized spacial score (nSPS) is 15.0. The minimum Gasteiger partial charge on any atom is -0.383 e. The number of nitrogens with two attached hydrogens (primary N) is 1. The van der Waals surface area contributed by atoms with E-state index in [9.17, 15) is 9.59 Å². The summed E-state index contributed by atoms with van der Waals surface area (Å²) in [7, 11) is 0. The van der Waals surface area contributed by atoms with E-state index >= 15 is 0 Å². The van der Waals surface area contributed by atoms with Gasteiger partial charge in [0.2, 0.25) is 11.8 Å². The molecular weight excluding hydrogens is 482 g/mol. The largest absolute Gasteiger partial charge is 0.383 e. The summed E-state index contributed by atoms with van der Waals surface area (Å²) in [6.45, 7) is 0.576. The molecule has 0 saturated heterocycles. The van der Waals surface area contributed by atoms with Crippen LogP contribution in [0.5, 0.6) is 0 Å². The highest BCUT2D eigenvalue weighted by Crippen LogP contribution is 2.28. The number of nitrogens with zero attached hydrogens (tertiary/aromatic N) is 1. The van der Waals surface area contributed by atoms with Gasteiger partial charge in [-0.15, -0.1) is 11.3 Å². The minimum absolute atomic E-state index is 0.160. The van der Waals surface area contributed by atoms with Gasteiger partial charge in [-0.25, -0.2) is 4.98 Å². The zero-order chi connectivity index (χ0) is 25.6. The standard InChI is InChI=1S/C29H33N5O2S/c30-28-24-16-22(37-26(24)13-14-31-28)17-33-29(36)25(34-27(35)18-32-21-10-2-1-3-11-21)15-20-9-6-8-19-7-4-5-12-23(19)20/h4-9,12-14,16,21,25,32H,1-3,10-11,15,17-18H2,(H2,30,31)(H,33,36)(H,34,35)/t25-/m0/s1. The Balaban J connectivity index is 1.29. The molecule has 192 valence electrons. The summed E-state index contributed by atoms with van der Waals surface area (Å²) in [6, 6.07) is 17.8. The lowest BCUT2D eigenvalue weighted by Crippen LogP contribution is -2.50. The molecular formula is C29H33N5O2S. The number of rotatable bonds is 9. The number of pyridine rings is 1. The predicted molar refractivity (Wildman–Crippen MR) is 150 cm³/mol. The summed E-state index contributed by atoms with van der Waals surface area (Å²) in [5.74, 6) is 0.118. The first-order valence-corrected chi connectivity index (χ1v) is 13.8. The Hall–Kier alpha value is -3.49. The summed E-state index contributed by atoms with van der Waals surface area (Å²) >= 11 is 1.58. The van der Waals surface area contributed by atoms with Gasteiger partial charge in [-0.3, -0.25) is 9.59 Å². The highest BCUT2D eigenvalue weighted by molar-refractivity contribution is 7.19. The molecule has 1 aliphatic carbocycles.